The molecule has 0 unspecified atom stereocenters. The minimum atomic E-state index is -0.441. The Morgan fingerprint density at radius 2 is 2.29 bits per heavy atom. The van der Waals surface area contributed by atoms with Gasteiger partial charge in [0.25, 0.3) is 0 Å². The summed E-state index contributed by atoms with van der Waals surface area (Å²) in [5.74, 6) is 0.733. The van der Waals surface area contributed by atoms with Crippen LogP contribution in [0.25, 0.3) is 4.85 Å². The summed E-state index contributed by atoms with van der Waals surface area (Å²) < 4.78 is 10.2. The van der Waals surface area contributed by atoms with E-state index < -0.39 is 5.97 Å². The van der Waals surface area contributed by atoms with Crippen molar-refractivity contribution in [2.24, 2.45) is 5.92 Å². The Bertz CT molecular complexity index is 472. The normalized spacial score (nSPS) is 13.9. The van der Waals surface area contributed by atoms with Gasteiger partial charge in [0.1, 0.15) is 5.75 Å². The van der Waals surface area contributed by atoms with Gasteiger partial charge < -0.3 is 9.47 Å². The molecule has 1 aliphatic rings. The van der Waals surface area contributed by atoms with Crippen LogP contribution in [0.2, 0.25) is 0 Å². The summed E-state index contributed by atoms with van der Waals surface area (Å²) >= 11 is 0. The predicted octanol–water partition coefficient (Wildman–Crippen LogP) is 2.81. The maximum atomic E-state index is 11.3. The van der Waals surface area contributed by atoms with Gasteiger partial charge in [-0.25, -0.2) is 9.64 Å². The molecule has 0 radical (unpaired) electrons. The van der Waals surface area contributed by atoms with Crippen LogP contribution in [0, 0.1) is 12.5 Å². The van der Waals surface area contributed by atoms with Crippen molar-refractivity contribution >= 4 is 11.7 Å². The fourth-order valence-corrected chi connectivity index (χ4v) is 1.46. The van der Waals surface area contributed by atoms with Gasteiger partial charge in [-0.15, -0.1) is 0 Å². The summed E-state index contributed by atoms with van der Waals surface area (Å²) in [5.41, 5.74) is 0.728. The largest absolute Gasteiger partial charge is 0.504 e. The number of rotatable bonds is 4. The van der Waals surface area contributed by atoms with Crippen molar-refractivity contribution in [3.63, 3.8) is 0 Å². The van der Waals surface area contributed by atoms with Crippen LogP contribution in [0.5, 0.6) is 5.75 Å². The van der Waals surface area contributed by atoms with Gasteiger partial charge in [-0.1, -0.05) is 0 Å². The number of ether oxygens (including phenoxy) is 2. The van der Waals surface area contributed by atoms with Crippen LogP contribution in [-0.4, -0.2) is 19.7 Å². The topological polar surface area (TPSA) is 39.9 Å². The van der Waals surface area contributed by atoms with Gasteiger partial charge in [-0.2, -0.15) is 0 Å². The van der Waals surface area contributed by atoms with E-state index in [2.05, 4.69) is 9.58 Å². The fourth-order valence-electron chi connectivity index (χ4n) is 1.46. The first-order valence-electron chi connectivity index (χ1n) is 5.47. The molecule has 1 saturated carbocycles. The van der Waals surface area contributed by atoms with Crippen molar-refractivity contribution in [2.75, 3.05) is 13.7 Å². The molecule has 88 valence electrons. The van der Waals surface area contributed by atoms with Crippen LogP contribution in [0.15, 0.2) is 18.2 Å². The third-order valence-corrected chi connectivity index (χ3v) is 2.67. The fraction of sp³-hybridized carbons (Fsp3) is 0.385. The Kier molecular flexibility index (Phi) is 3.29. The lowest BCUT2D eigenvalue weighted by molar-refractivity contribution is 0.0601. The zero-order valence-corrected chi connectivity index (χ0v) is 9.60. The lowest BCUT2D eigenvalue weighted by atomic mass is 10.2. The monoisotopic (exact) mass is 231 g/mol. The highest BCUT2D eigenvalue weighted by molar-refractivity contribution is 5.91. The summed E-state index contributed by atoms with van der Waals surface area (Å²) in [6.45, 7) is 7.73. The van der Waals surface area contributed by atoms with Gasteiger partial charge in [0.15, 0.2) is 0 Å². The van der Waals surface area contributed by atoms with Crippen molar-refractivity contribution in [1.82, 2.24) is 0 Å². The second kappa shape index (κ2) is 4.88. The van der Waals surface area contributed by atoms with Crippen LogP contribution >= 0.6 is 0 Å². The minimum Gasteiger partial charge on any atom is -0.504 e. The molecule has 0 aliphatic heterocycles. The SMILES string of the molecule is [C-]#[N+]c1cc(C(=O)OC)ccc1OCC1CC1. The number of nitrogens with zero attached hydrogens (tertiary/aromatic N) is 1. The third kappa shape index (κ3) is 2.76. The van der Waals surface area contributed by atoms with Crippen LogP contribution in [0.1, 0.15) is 23.2 Å². The molecular weight excluding hydrogens is 218 g/mol. The molecule has 4 heteroatoms. The van der Waals surface area contributed by atoms with E-state index in [9.17, 15) is 4.79 Å². The summed E-state index contributed by atoms with van der Waals surface area (Å²) in [5, 5.41) is 0. The van der Waals surface area contributed by atoms with Gasteiger partial charge in [0.2, 0.25) is 5.69 Å². The second-order valence-corrected chi connectivity index (χ2v) is 4.04. The Morgan fingerprint density at radius 3 is 2.88 bits per heavy atom. The van der Waals surface area contributed by atoms with Crippen molar-refractivity contribution in [3.8, 4) is 5.75 Å². The van der Waals surface area contributed by atoms with Crippen molar-refractivity contribution < 1.29 is 14.3 Å². The van der Waals surface area contributed by atoms with Crippen LogP contribution in [0.4, 0.5) is 5.69 Å². The molecule has 0 saturated heterocycles. The highest BCUT2D eigenvalue weighted by Gasteiger charge is 2.22. The Balaban J connectivity index is 2.15. The zero-order chi connectivity index (χ0) is 12.3. The number of carbonyl (C=O) groups is 1. The van der Waals surface area contributed by atoms with Gasteiger partial charge >= 0.3 is 5.97 Å². The molecule has 1 aromatic carbocycles. The van der Waals surface area contributed by atoms with E-state index in [0.29, 0.717) is 29.5 Å². The van der Waals surface area contributed by atoms with E-state index >= 15 is 0 Å². The first-order valence-corrected chi connectivity index (χ1v) is 5.47. The Morgan fingerprint density at radius 1 is 1.53 bits per heavy atom. The van der Waals surface area contributed by atoms with Gasteiger partial charge in [0, 0.05) is 5.56 Å². The number of carbonyl (C=O) groups excluding carboxylic acids is 1. The predicted molar refractivity (Wildman–Crippen MR) is 62.3 cm³/mol. The maximum Gasteiger partial charge on any atom is 0.336 e. The first-order chi connectivity index (χ1) is 8.24. The molecule has 0 amide bonds. The smallest absolute Gasteiger partial charge is 0.336 e. The highest BCUT2D eigenvalue weighted by atomic mass is 16.5. The summed E-state index contributed by atoms with van der Waals surface area (Å²) in [6.07, 6.45) is 2.40. The molecule has 0 atom stereocenters. The van der Waals surface area contributed by atoms with Crippen LogP contribution in [0.3, 0.4) is 0 Å². The minimum absolute atomic E-state index is 0.355. The van der Waals surface area contributed by atoms with E-state index in [1.54, 1.807) is 12.1 Å². The molecule has 0 heterocycles. The van der Waals surface area contributed by atoms with E-state index in [4.69, 9.17) is 11.3 Å². The molecular formula is C13H13NO3. The molecule has 4 nitrogen and oxygen atoms in total. The highest BCUT2D eigenvalue weighted by Crippen LogP contribution is 2.33. The summed E-state index contributed by atoms with van der Waals surface area (Å²) in [4.78, 5) is 14.7. The van der Waals surface area contributed by atoms with E-state index in [1.807, 2.05) is 0 Å². The van der Waals surface area contributed by atoms with Crippen LogP contribution < -0.4 is 4.74 Å². The summed E-state index contributed by atoms with van der Waals surface area (Å²) in [7, 11) is 1.32. The molecule has 1 fully saturated rings. The number of hydrogen-bond donors (Lipinski definition) is 0. The molecule has 0 spiro atoms. The molecule has 1 aromatic rings. The second-order valence-electron chi connectivity index (χ2n) is 4.04. The van der Waals surface area contributed by atoms with Crippen LogP contribution in [-0.2, 0) is 4.74 Å². The number of esters is 1. The van der Waals surface area contributed by atoms with Gasteiger partial charge in [0.05, 0.1) is 20.3 Å². The van der Waals surface area contributed by atoms with E-state index in [1.165, 1.54) is 26.0 Å². The van der Waals surface area contributed by atoms with E-state index in [0.717, 1.165) is 0 Å². The average Bonchev–Trinajstić information content (AvgIpc) is 3.19. The molecule has 0 bridgehead atoms. The van der Waals surface area contributed by atoms with Gasteiger partial charge in [-0.3, -0.25) is 0 Å². The van der Waals surface area contributed by atoms with E-state index in [-0.39, 0.29) is 0 Å². The Labute approximate surface area is 100.0 Å². The number of hydrogen-bond acceptors (Lipinski definition) is 3. The van der Waals surface area contributed by atoms with Gasteiger partial charge in [-0.05, 0) is 37.0 Å². The zero-order valence-electron chi connectivity index (χ0n) is 9.60. The van der Waals surface area contributed by atoms with Crippen molar-refractivity contribution in [2.45, 2.75) is 12.8 Å². The van der Waals surface area contributed by atoms with Crippen molar-refractivity contribution in [1.29, 1.82) is 0 Å². The lowest BCUT2D eigenvalue weighted by Gasteiger charge is -2.08. The van der Waals surface area contributed by atoms with Crippen molar-refractivity contribution in [3.05, 3.63) is 35.2 Å². The average molecular weight is 231 g/mol. The number of benzene rings is 1. The quantitative estimate of drug-likeness (QED) is 0.591. The maximum absolute atomic E-state index is 11.3. The Hall–Kier alpha value is -2.02. The summed E-state index contributed by atoms with van der Waals surface area (Å²) in [6, 6.07) is 4.77. The third-order valence-electron chi connectivity index (χ3n) is 2.67. The molecule has 2 rings (SSSR count). The molecule has 17 heavy (non-hydrogen) atoms. The molecule has 0 N–H and O–H groups in total. The molecule has 0 aromatic heterocycles. The number of methoxy groups -OCH3 is 1. The first kappa shape index (κ1) is 11.5. The molecule has 1 aliphatic carbocycles. The lowest BCUT2D eigenvalue weighted by Crippen LogP contribution is -2.02. The standard InChI is InChI=1S/C13H13NO3/c1-14-11-7-10(13(15)16-2)5-6-12(11)17-8-9-3-4-9/h5-7,9H,3-4,8H2,2H3.